The molecular weight excluding hydrogens is 414 g/mol. The molecule has 2 aromatic heterocycles. The van der Waals surface area contributed by atoms with E-state index in [1.54, 1.807) is 12.1 Å². The van der Waals surface area contributed by atoms with E-state index in [2.05, 4.69) is 22.1 Å². The number of aromatic amines is 1. The Hall–Kier alpha value is -2.93. The van der Waals surface area contributed by atoms with Gasteiger partial charge in [0, 0.05) is 41.5 Å². The maximum Gasteiger partial charge on any atom is 0.280 e. The van der Waals surface area contributed by atoms with Crippen molar-refractivity contribution in [3.8, 4) is 0 Å². The minimum Gasteiger partial charge on any atom is -0.333 e. The van der Waals surface area contributed by atoms with Crippen LogP contribution in [-0.2, 0) is 12.8 Å². The number of aromatic nitrogens is 4. The van der Waals surface area contributed by atoms with Gasteiger partial charge in [-0.1, -0.05) is 18.5 Å². The summed E-state index contributed by atoms with van der Waals surface area (Å²) < 4.78 is 1.99. The topological polar surface area (TPSA) is 83.9 Å². The zero-order valence-corrected chi connectivity index (χ0v) is 18.4. The first-order chi connectivity index (χ1) is 14.9. The number of aryl methyl sites for hydroxylation is 2. The average molecular weight is 438 g/mol. The molecule has 8 heteroatoms. The quantitative estimate of drug-likeness (QED) is 0.664. The molecule has 1 aromatic carbocycles. The first-order valence-electron chi connectivity index (χ1n) is 10.7. The van der Waals surface area contributed by atoms with Gasteiger partial charge in [-0.25, -0.2) is 0 Å². The first kappa shape index (κ1) is 20.0. The number of nitrogens with one attached hydrogen (secondary N) is 1. The van der Waals surface area contributed by atoms with Gasteiger partial charge in [-0.3, -0.25) is 14.7 Å². The summed E-state index contributed by atoms with van der Waals surface area (Å²) in [7, 11) is 0. The van der Waals surface area contributed by atoms with Gasteiger partial charge in [-0.2, -0.15) is 10.1 Å². The molecule has 3 aromatic rings. The first-order valence-corrected chi connectivity index (χ1v) is 11.0. The number of nitrogens with zero attached hydrogens (tertiary/aromatic N) is 4. The molecule has 1 N–H and O–H groups in total. The Balaban J connectivity index is 1.44. The number of H-pyrrole nitrogens is 1. The zero-order chi connectivity index (χ0) is 21.7. The van der Waals surface area contributed by atoms with Crippen molar-refractivity contribution in [1.29, 1.82) is 0 Å². The molecule has 5 rings (SSSR count). The van der Waals surface area contributed by atoms with Crippen LogP contribution >= 0.6 is 11.6 Å². The van der Waals surface area contributed by atoms with Crippen molar-refractivity contribution in [2.75, 3.05) is 13.1 Å². The summed E-state index contributed by atoms with van der Waals surface area (Å²) in [4.78, 5) is 31.5. The number of amides is 1. The Morgan fingerprint density at radius 1 is 1.29 bits per heavy atom. The molecule has 3 heterocycles. The summed E-state index contributed by atoms with van der Waals surface area (Å²) in [6, 6.07) is 5.28. The van der Waals surface area contributed by atoms with Crippen molar-refractivity contribution in [2.24, 2.45) is 5.92 Å². The van der Waals surface area contributed by atoms with Crippen molar-refractivity contribution in [3.05, 3.63) is 62.4 Å². The van der Waals surface area contributed by atoms with Crippen molar-refractivity contribution >= 4 is 34.1 Å². The second kappa shape index (κ2) is 7.64. The van der Waals surface area contributed by atoms with Crippen LogP contribution in [0.4, 0.5) is 0 Å². The summed E-state index contributed by atoms with van der Waals surface area (Å²) in [5.74, 6) is 1.18. The van der Waals surface area contributed by atoms with Gasteiger partial charge in [0.25, 0.3) is 11.5 Å². The Labute approximate surface area is 184 Å². The van der Waals surface area contributed by atoms with E-state index in [9.17, 15) is 9.59 Å². The Morgan fingerprint density at radius 3 is 2.90 bits per heavy atom. The van der Waals surface area contributed by atoms with Gasteiger partial charge in [-0.15, -0.1) is 0 Å². The number of benzene rings is 1. The molecule has 7 nitrogen and oxygen atoms in total. The molecule has 0 saturated heterocycles. The molecule has 0 saturated carbocycles. The van der Waals surface area contributed by atoms with E-state index < -0.39 is 0 Å². The van der Waals surface area contributed by atoms with E-state index in [1.165, 1.54) is 0 Å². The van der Waals surface area contributed by atoms with Crippen LogP contribution in [0, 0.1) is 12.8 Å². The average Bonchev–Trinajstić information content (AvgIpc) is 3.17. The molecule has 1 amide bonds. The number of fused-ring (bicyclic) bond motifs is 2. The smallest absolute Gasteiger partial charge is 0.280 e. The molecule has 160 valence electrons. The third-order valence-electron chi connectivity index (χ3n) is 6.37. The molecule has 2 aliphatic rings. The van der Waals surface area contributed by atoms with E-state index in [4.69, 9.17) is 11.6 Å². The third-order valence-corrected chi connectivity index (χ3v) is 6.61. The minimum absolute atomic E-state index is 0.0201. The van der Waals surface area contributed by atoms with Gasteiger partial charge in [0.2, 0.25) is 0 Å². The summed E-state index contributed by atoms with van der Waals surface area (Å²) in [6.45, 7) is 5.12. The van der Waals surface area contributed by atoms with Gasteiger partial charge in [0.1, 0.15) is 5.82 Å². The molecule has 1 atom stereocenters. The van der Waals surface area contributed by atoms with Gasteiger partial charge in [0.15, 0.2) is 5.69 Å². The van der Waals surface area contributed by atoms with Crippen LogP contribution in [0.25, 0.3) is 16.6 Å². The predicted molar refractivity (Wildman–Crippen MR) is 120 cm³/mol. The maximum absolute atomic E-state index is 13.2. The van der Waals surface area contributed by atoms with Crippen molar-refractivity contribution < 1.29 is 4.79 Å². The molecule has 31 heavy (non-hydrogen) atoms. The molecule has 0 radical (unpaired) electrons. The molecule has 1 aliphatic carbocycles. The summed E-state index contributed by atoms with van der Waals surface area (Å²) in [5, 5.41) is 8.43. The highest BCUT2D eigenvalue weighted by molar-refractivity contribution is 6.31. The van der Waals surface area contributed by atoms with Crippen LogP contribution in [0.3, 0.4) is 0 Å². The second-order valence-electron chi connectivity index (χ2n) is 8.53. The second-order valence-corrected chi connectivity index (χ2v) is 8.97. The lowest BCUT2D eigenvalue weighted by molar-refractivity contribution is 0.0764. The Bertz CT molecular complexity index is 1290. The Kier molecular flexibility index (Phi) is 4.93. The van der Waals surface area contributed by atoms with Crippen molar-refractivity contribution in [1.82, 2.24) is 24.6 Å². The van der Waals surface area contributed by atoms with E-state index in [0.717, 1.165) is 41.7 Å². The largest absolute Gasteiger partial charge is 0.333 e. The van der Waals surface area contributed by atoms with E-state index in [1.807, 2.05) is 28.5 Å². The number of carbonyl (C=O) groups is 1. The number of rotatable bonds is 2. The maximum atomic E-state index is 13.2. The van der Waals surface area contributed by atoms with E-state index in [-0.39, 0.29) is 11.5 Å². The van der Waals surface area contributed by atoms with Crippen LogP contribution in [0.15, 0.2) is 29.1 Å². The summed E-state index contributed by atoms with van der Waals surface area (Å²) in [6.07, 6.45) is 5.69. The molecule has 1 aliphatic heterocycles. The van der Waals surface area contributed by atoms with Crippen LogP contribution in [0.1, 0.15) is 47.3 Å². The number of carbonyl (C=O) groups excluding carboxylic acids is 1. The Morgan fingerprint density at radius 2 is 2.13 bits per heavy atom. The van der Waals surface area contributed by atoms with Crippen LogP contribution in [-0.4, -0.2) is 43.6 Å². The summed E-state index contributed by atoms with van der Waals surface area (Å²) >= 11 is 6.09. The monoisotopic (exact) mass is 437 g/mol. The molecule has 0 unspecified atom stereocenters. The van der Waals surface area contributed by atoms with Crippen molar-refractivity contribution in [3.63, 3.8) is 0 Å². The van der Waals surface area contributed by atoms with E-state index >= 15 is 0 Å². The SMILES string of the molecule is Cc1nc(=O)c2cc(Cl)ccc2n1C1=CCN(C(=O)c2n[nH]c3c2C[C@H](C)CC3)CC1. The molecule has 0 spiro atoms. The molecule has 0 fully saturated rings. The highest BCUT2D eigenvalue weighted by Gasteiger charge is 2.29. The number of hydrogen-bond donors (Lipinski definition) is 1. The van der Waals surface area contributed by atoms with Gasteiger partial charge < -0.3 is 9.47 Å². The number of halogens is 1. The highest BCUT2D eigenvalue weighted by atomic mass is 35.5. The summed E-state index contributed by atoms with van der Waals surface area (Å²) in [5.41, 5.74) is 4.29. The standard InChI is InChI=1S/C23H24ClN5O2/c1-13-3-5-19-17(11-13)21(27-26-19)23(31)28-9-7-16(8-10-28)29-14(2)25-22(30)18-12-15(24)4-6-20(18)29/h4,6-7,12-13H,3,5,8-11H2,1-2H3,(H,26,27)/t13-/m1/s1. The fourth-order valence-electron chi connectivity index (χ4n) is 4.71. The van der Waals surface area contributed by atoms with E-state index in [0.29, 0.717) is 47.4 Å². The molecular formula is C23H24ClN5O2. The lowest BCUT2D eigenvalue weighted by Crippen LogP contribution is -2.36. The van der Waals surface area contributed by atoms with Gasteiger partial charge in [-0.05, 0) is 56.4 Å². The fourth-order valence-corrected chi connectivity index (χ4v) is 4.88. The van der Waals surface area contributed by atoms with Gasteiger partial charge in [0.05, 0.1) is 10.9 Å². The lowest BCUT2D eigenvalue weighted by atomic mass is 9.87. The molecule has 0 bridgehead atoms. The van der Waals surface area contributed by atoms with Crippen LogP contribution in [0.5, 0.6) is 0 Å². The van der Waals surface area contributed by atoms with Gasteiger partial charge >= 0.3 is 0 Å². The van der Waals surface area contributed by atoms with Crippen LogP contribution < -0.4 is 5.56 Å². The fraction of sp³-hybridized carbons (Fsp3) is 0.391. The third kappa shape index (κ3) is 3.47. The highest BCUT2D eigenvalue weighted by Crippen LogP contribution is 2.28. The zero-order valence-electron chi connectivity index (χ0n) is 17.6. The number of hydrogen-bond acceptors (Lipinski definition) is 4. The normalized spacial score (nSPS) is 18.7. The van der Waals surface area contributed by atoms with Crippen molar-refractivity contribution in [2.45, 2.75) is 39.5 Å². The minimum atomic E-state index is -0.281. The van der Waals surface area contributed by atoms with Crippen LogP contribution in [0.2, 0.25) is 5.02 Å². The predicted octanol–water partition coefficient (Wildman–Crippen LogP) is 3.59. The lowest BCUT2D eigenvalue weighted by Gasteiger charge is -2.28.